The molecule has 1 aromatic heterocycles. The average Bonchev–Trinajstić information content (AvgIpc) is 2.88. The fourth-order valence-electron chi connectivity index (χ4n) is 3.73. The minimum Gasteiger partial charge on any atom is -0.493 e. The maximum absolute atomic E-state index is 12.7. The van der Waals surface area contributed by atoms with Crippen LogP contribution in [0.15, 0.2) is 72.9 Å². The molecule has 7 nitrogen and oxygen atoms in total. The van der Waals surface area contributed by atoms with Crippen LogP contribution in [0.2, 0.25) is 0 Å². The lowest BCUT2D eigenvalue weighted by Gasteiger charge is -2.15. The first-order valence-electron chi connectivity index (χ1n) is 11.6. The monoisotopic (exact) mass is 471 g/mol. The van der Waals surface area contributed by atoms with Crippen LogP contribution in [-0.2, 0) is 6.42 Å². The van der Waals surface area contributed by atoms with Crippen LogP contribution in [0.4, 0.5) is 16.2 Å². The number of unbranched alkanes of at least 4 members (excludes halogenated alkanes) is 1. The van der Waals surface area contributed by atoms with Crippen molar-refractivity contribution in [2.75, 3.05) is 24.9 Å². The van der Waals surface area contributed by atoms with Crippen molar-refractivity contribution < 1.29 is 19.0 Å². The van der Waals surface area contributed by atoms with Crippen LogP contribution in [0.3, 0.4) is 0 Å². The van der Waals surface area contributed by atoms with Gasteiger partial charge in [0.1, 0.15) is 5.75 Å². The number of para-hydroxylation sites is 2. The Balaban J connectivity index is 1.52. The van der Waals surface area contributed by atoms with E-state index in [-0.39, 0.29) is 6.03 Å². The molecule has 0 fully saturated rings. The summed E-state index contributed by atoms with van der Waals surface area (Å²) < 4.78 is 17.0. The maximum atomic E-state index is 12.7. The Morgan fingerprint density at radius 2 is 1.60 bits per heavy atom. The zero-order valence-electron chi connectivity index (χ0n) is 20.1. The van der Waals surface area contributed by atoms with E-state index in [1.54, 1.807) is 44.7 Å². The van der Waals surface area contributed by atoms with E-state index in [2.05, 4.69) is 22.5 Å². The summed E-state index contributed by atoms with van der Waals surface area (Å²) in [5.41, 5.74) is 3.22. The van der Waals surface area contributed by atoms with Crippen LogP contribution >= 0.6 is 0 Å². The molecule has 0 radical (unpaired) electrons. The van der Waals surface area contributed by atoms with Gasteiger partial charge < -0.3 is 24.8 Å². The molecule has 0 bridgehead atoms. The Hall–Kier alpha value is -4.26. The van der Waals surface area contributed by atoms with Gasteiger partial charge in [-0.1, -0.05) is 37.6 Å². The number of urea groups is 1. The van der Waals surface area contributed by atoms with E-state index < -0.39 is 0 Å². The molecule has 0 atom stereocenters. The van der Waals surface area contributed by atoms with Crippen LogP contribution in [0.1, 0.15) is 25.3 Å². The van der Waals surface area contributed by atoms with E-state index in [1.807, 2.05) is 42.5 Å². The molecule has 2 amide bonds. The number of carbonyl (C=O) groups excluding carboxylic acids is 1. The molecule has 0 unspecified atom stereocenters. The van der Waals surface area contributed by atoms with Crippen molar-refractivity contribution in [3.8, 4) is 23.0 Å². The molecule has 4 rings (SSSR count). The standard InChI is InChI=1S/C28H29N3O4/c1-4-5-8-19-11-13-20(14-12-19)30-28(32)31-22-9-6-7-10-25(22)35-24-15-16-29-23-18-27(34-3)26(33-2)17-21(23)24/h6-7,9-18H,4-5,8H2,1-3H3,(H2,30,31,32). The molecule has 3 aromatic carbocycles. The number of hydrogen-bond acceptors (Lipinski definition) is 5. The highest BCUT2D eigenvalue weighted by Gasteiger charge is 2.14. The number of rotatable bonds is 9. The van der Waals surface area contributed by atoms with Gasteiger partial charge in [-0.25, -0.2) is 4.79 Å². The highest BCUT2D eigenvalue weighted by atomic mass is 16.5. The molecule has 4 aromatic rings. The predicted octanol–water partition coefficient (Wildman–Crippen LogP) is 7.03. The molecule has 2 N–H and O–H groups in total. The molecule has 7 heteroatoms. The predicted molar refractivity (Wildman–Crippen MR) is 139 cm³/mol. The van der Waals surface area contributed by atoms with E-state index >= 15 is 0 Å². The summed E-state index contributed by atoms with van der Waals surface area (Å²) in [5.74, 6) is 2.24. The molecule has 35 heavy (non-hydrogen) atoms. The number of methoxy groups -OCH3 is 2. The normalized spacial score (nSPS) is 10.6. The van der Waals surface area contributed by atoms with Crippen LogP contribution in [0.5, 0.6) is 23.0 Å². The van der Waals surface area contributed by atoms with Crippen molar-refractivity contribution in [1.82, 2.24) is 4.98 Å². The smallest absolute Gasteiger partial charge is 0.323 e. The number of fused-ring (bicyclic) bond motifs is 1. The number of aryl methyl sites for hydroxylation is 1. The van der Waals surface area contributed by atoms with Crippen molar-refractivity contribution in [3.63, 3.8) is 0 Å². The summed E-state index contributed by atoms with van der Waals surface area (Å²) in [5, 5.41) is 6.51. The van der Waals surface area contributed by atoms with Gasteiger partial charge in [-0.05, 0) is 54.8 Å². The zero-order chi connectivity index (χ0) is 24.6. The second kappa shape index (κ2) is 11.2. The number of anilines is 2. The Morgan fingerprint density at radius 1 is 0.857 bits per heavy atom. The van der Waals surface area contributed by atoms with Gasteiger partial charge in [-0.15, -0.1) is 0 Å². The lowest BCUT2D eigenvalue weighted by atomic mass is 10.1. The molecule has 180 valence electrons. The van der Waals surface area contributed by atoms with Crippen LogP contribution in [-0.4, -0.2) is 25.2 Å². The van der Waals surface area contributed by atoms with Gasteiger partial charge in [-0.2, -0.15) is 0 Å². The lowest BCUT2D eigenvalue weighted by molar-refractivity contribution is 0.262. The topological polar surface area (TPSA) is 81.7 Å². The summed E-state index contributed by atoms with van der Waals surface area (Å²) in [6, 6.07) is 20.2. The number of nitrogens with zero attached hydrogens (tertiary/aromatic N) is 1. The van der Waals surface area contributed by atoms with E-state index in [4.69, 9.17) is 14.2 Å². The maximum Gasteiger partial charge on any atom is 0.323 e. The van der Waals surface area contributed by atoms with Gasteiger partial charge in [0.25, 0.3) is 0 Å². The summed E-state index contributed by atoms with van der Waals surface area (Å²) in [7, 11) is 3.16. The second-order valence-electron chi connectivity index (χ2n) is 8.01. The third-order valence-electron chi connectivity index (χ3n) is 5.59. The minimum atomic E-state index is -0.353. The molecule has 1 heterocycles. The van der Waals surface area contributed by atoms with Gasteiger partial charge in [0, 0.05) is 23.3 Å². The van der Waals surface area contributed by atoms with Gasteiger partial charge in [0.2, 0.25) is 0 Å². The van der Waals surface area contributed by atoms with E-state index in [1.165, 1.54) is 5.56 Å². The van der Waals surface area contributed by atoms with E-state index in [9.17, 15) is 4.79 Å². The van der Waals surface area contributed by atoms with Gasteiger partial charge in [0.15, 0.2) is 17.2 Å². The number of aromatic nitrogens is 1. The number of amides is 2. The van der Waals surface area contributed by atoms with Crippen LogP contribution < -0.4 is 24.8 Å². The summed E-state index contributed by atoms with van der Waals surface area (Å²) in [6.45, 7) is 2.17. The Labute approximate surface area is 205 Å². The largest absolute Gasteiger partial charge is 0.493 e. The Bertz CT molecular complexity index is 1310. The fourth-order valence-corrected chi connectivity index (χ4v) is 3.73. The number of hydrogen-bond donors (Lipinski definition) is 2. The Kier molecular flexibility index (Phi) is 7.67. The van der Waals surface area contributed by atoms with Crippen LogP contribution in [0.25, 0.3) is 10.9 Å². The van der Waals surface area contributed by atoms with Crippen molar-refractivity contribution in [1.29, 1.82) is 0 Å². The first-order valence-corrected chi connectivity index (χ1v) is 11.6. The quantitative estimate of drug-likeness (QED) is 0.274. The zero-order valence-corrected chi connectivity index (χ0v) is 20.1. The molecule has 0 aliphatic heterocycles. The highest BCUT2D eigenvalue weighted by molar-refractivity contribution is 6.00. The van der Waals surface area contributed by atoms with Crippen molar-refractivity contribution in [2.24, 2.45) is 0 Å². The SMILES string of the molecule is CCCCc1ccc(NC(=O)Nc2ccccc2Oc2ccnc3cc(OC)c(OC)cc23)cc1. The third-order valence-corrected chi connectivity index (χ3v) is 5.59. The highest BCUT2D eigenvalue weighted by Crippen LogP contribution is 2.38. The summed E-state index contributed by atoms with van der Waals surface area (Å²) >= 11 is 0. The van der Waals surface area contributed by atoms with Crippen molar-refractivity contribution in [3.05, 3.63) is 78.5 Å². The van der Waals surface area contributed by atoms with Crippen molar-refractivity contribution >= 4 is 28.3 Å². The molecule has 0 saturated heterocycles. The van der Waals surface area contributed by atoms with Gasteiger partial charge in [0.05, 0.1) is 25.4 Å². The summed E-state index contributed by atoms with van der Waals surface area (Å²) in [6.07, 6.45) is 5.00. The lowest BCUT2D eigenvalue weighted by Crippen LogP contribution is -2.19. The molecular formula is C28H29N3O4. The first kappa shape index (κ1) is 23.9. The van der Waals surface area contributed by atoms with Crippen molar-refractivity contribution in [2.45, 2.75) is 26.2 Å². The van der Waals surface area contributed by atoms with Gasteiger partial charge >= 0.3 is 6.03 Å². The average molecular weight is 472 g/mol. The molecule has 0 saturated carbocycles. The van der Waals surface area contributed by atoms with Gasteiger partial charge in [-0.3, -0.25) is 4.98 Å². The molecule has 0 aliphatic carbocycles. The molecule has 0 spiro atoms. The molecule has 0 aliphatic rings. The number of carbonyl (C=O) groups is 1. The number of ether oxygens (including phenoxy) is 3. The van der Waals surface area contributed by atoms with E-state index in [0.717, 1.165) is 30.3 Å². The molecular weight excluding hydrogens is 442 g/mol. The number of benzene rings is 3. The Morgan fingerprint density at radius 3 is 2.34 bits per heavy atom. The van der Waals surface area contributed by atoms with Crippen LogP contribution in [0, 0.1) is 0 Å². The second-order valence-corrected chi connectivity index (χ2v) is 8.01. The number of nitrogens with one attached hydrogen (secondary N) is 2. The summed E-state index contributed by atoms with van der Waals surface area (Å²) in [4.78, 5) is 17.1. The third kappa shape index (κ3) is 5.81. The fraction of sp³-hybridized carbons (Fsp3) is 0.214. The number of pyridine rings is 1. The minimum absolute atomic E-state index is 0.353. The van der Waals surface area contributed by atoms with E-state index in [0.29, 0.717) is 34.2 Å². The first-order chi connectivity index (χ1) is 17.1.